The summed E-state index contributed by atoms with van der Waals surface area (Å²) in [5.41, 5.74) is -1.48. The predicted molar refractivity (Wildman–Crippen MR) is 65.1 cm³/mol. The molecule has 17 heavy (non-hydrogen) atoms. The summed E-state index contributed by atoms with van der Waals surface area (Å²) >= 11 is 0. The summed E-state index contributed by atoms with van der Waals surface area (Å²) in [6.45, 7) is 5.59. The van der Waals surface area contributed by atoms with Crippen LogP contribution in [0.5, 0.6) is 0 Å². The summed E-state index contributed by atoms with van der Waals surface area (Å²) in [5.74, 6) is -0.296. The molecule has 1 rings (SSSR count). The Kier molecular flexibility index (Phi) is 4.23. The molecule has 1 N–H and O–H groups in total. The van der Waals surface area contributed by atoms with Crippen LogP contribution < -0.4 is 0 Å². The Bertz CT molecular complexity index is 353. The second kappa shape index (κ2) is 5.27. The van der Waals surface area contributed by atoms with Gasteiger partial charge in [0.15, 0.2) is 11.5 Å². The van der Waals surface area contributed by atoms with Crippen LogP contribution in [0.15, 0.2) is 24.3 Å². The van der Waals surface area contributed by atoms with Crippen molar-refractivity contribution in [1.29, 1.82) is 0 Å². The standard InChI is InChI=1S/C13H19NO3/c1-4-5-12(16)14(10(2)3)13(17)8-6-11(15)7-9-13/h6-10,17H,4-5H2,1-3H3. The number of hydrogen-bond donors (Lipinski definition) is 1. The lowest BCUT2D eigenvalue weighted by Gasteiger charge is -2.39. The fourth-order valence-electron chi connectivity index (χ4n) is 1.92. The molecular formula is C13H19NO3. The van der Waals surface area contributed by atoms with Crippen LogP contribution in [0.3, 0.4) is 0 Å². The Balaban J connectivity index is 2.99. The van der Waals surface area contributed by atoms with E-state index in [1.165, 1.54) is 29.2 Å². The molecule has 0 heterocycles. The number of aliphatic hydroxyl groups is 1. The number of carbonyl (C=O) groups is 2. The van der Waals surface area contributed by atoms with Gasteiger partial charge in [-0.15, -0.1) is 0 Å². The van der Waals surface area contributed by atoms with Gasteiger partial charge in [-0.3, -0.25) is 9.59 Å². The van der Waals surface area contributed by atoms with Crippen LogP contribution in [0, 0.1) is 0 Å². The number of rotatable bonds is 4. The van der Waals surface area contributed by atoms with Gasteiger partial charge in [0.05, 0.1) is 0 Å². The SMILES string of the molecule is CCCC(=O)N(C(C)C)C1(O)C=CC(=O)C=C1. The Morgan fingerprint density at radius 1 is 1.41 bits per heavy atom. The van der Waals surface area contributed by atoms with Gasteiger partial charge in [-0.05, 0) is 44.6 Å². The molecule has 0 spiro atoms. The Hall–Kier alpha value is -1.42. The highest BCUT2D eigenvalue weighted by Gasteiger charge is 2.36. The summed E-state index contributed by atoms with van der Waals surface area (Å²) < 4.78 is 0. The monoisotopic (exact) mass is 237 g/mol. The van der Waals surface area contributed by atoms with Crippen LogP contribution in [-0.4, -0.2) is 33.5 Å². The lowest BCUT2D eigenvalue weighted by molar-refractivity contribution is -0.149. The number of hydrogen-bond acceptors (Lipinski definition) is 3. The van der Waals surface area contributed by atoms with E-state index >= 15 is 0 Å². The second-order valence-corrected chi connectivity index (χ2v) is 4.46. The molecule has 0 radical (unpaired) electrons. The van der Waals surface area contributed by atoms with E-state index in [-0.39, 0.29) is 17.7 Å². The molecule has 0 fully saturated rings. The highest BCUT2D eigenvalue weighted by atomic mass is 16.3. The van der Waals surface area contributed by atoms with E-state index < -0.39 is 5.72 Å². The lowest BCUT2D eigenvalue weighted by Crippen LogP contribution is -2.53. The molecule has 1 aliphatic carbocycles. The third kappa shape index (κ3) is 3.03. The first-order valence-corrected chi connectivity index (χ1v) is 5.87. The third-order valence-electron chi connectivity index (χ3n) is 2.62. The van der Waals surface area contributed by atoms with Gasteiger partial charge in [0, 0.05) is 12.5 Å². The van der Waals surface area contributed by atoms with E-state index in [4.69, 9.17) is 0 Å². The minimum absolute atomic E-state index is 0.117. The van der Waals surface area contributed by atoms with E-state index in [0.717, 1.165) is 6.42 Å². The number of nitrogens with zero attached hydrogens (tertiary/aromatic N) is 1. The number of amides is 1. The molecule has 4 nitrogen and oxygen atoms in total. The molecule has 1 aliphatic rings. The van der Waals surface area contributed by atoms with Gasteiger partial charge < -0.3 is 10.0 Å². The Morgan fingerprint density at radius 3 is 2.35 bits per heavy atom. The predicted octanol–water partition coefficient (Wildman–Crippen LogP) is 1.41. The van der Waals surface area contributed by atoms with E-state index in [1.54, 1.807) is 0 Å². The molecule has 0 saturated heterocycles. The van der Waals surface area contributed by atoms with Gasteiger partial charge >= 0.3 is 0 Å². The van der Waals surface area contributed by atoms with E-state index in [1.807, 2.05) is 20.8 Å². The zero-order valence-corrected chi connectivity index (χ0v) is 10.5. The summed E-state index contributed by atoms with van der Waals surface area (Å²) in [4.78, 5) is 24.4. The molecule has 0 unspecified atom stereocenters. The van der Waals surface area contributed by atoms with Crippen molar-refractivity contribution in [3.8, 4) is 0 Å². The minimum Gasteiger partial charge on any atom is -0.364 e. The fraction of sp³-hybridized carbons (Fsp3) is 0.538. The van der Waals surface area contributed by atoms with Crippen molar-refractivity contribution in [2.75, 3.05) is 0 Å². The maximum atomic E-state index is 12.0. The molecule has 0 aromatic rings. The van der Waals surface area contributed by atoms with Gasteiger partial charge in [0.1, 0.15) is 0 Å². The fourth-order valence-corrected chi connectivity index (χ4v) is 1.92. The number of allylic oxidation sites excluding steroid dienone is 2. The average molecular weight is 237 g/mol. The van der Waals surface area contributed by atoms with E-state index in [9.17, 15) is 14.7 Å². The molecule has 0 aromatic heterocycles. The maximum absolute atomic E-state index is 12.0. The van der Waals surface area contributed by atoms with Crippen molar-refractivity contribution in [3.63, 3.8) is 0 Å². The highest BCUT2D eigenvalue weighted by molar-refractivity contribution is 6.00. The smallest absolute Gasteiger partial charge is 0.225 e. The molecule has 0 saturated carbocycles. The van der Waals surface area contributed by atoms with Gasteiger partial charge in [-0.25, -0.2) is 0 Å². The van der Waals surface area contributed by atoms with Gasteiger partial charge in [-0.2, -0.15) is 0 Å². The molecule has 0 atom stereocenters. The molecule has 0 bridgehead atoms. The Labute approximate surface area is 102 Å². The quantitative estimate of drug-likeness (QED) is 0.752. The first-order valence-electron chi connectivity index (χ1n) is 5.87. The average Bonchev–Trinajstić information content (AvgIpc) is 2.23. The van der Waals surface area contributed by atoms with Crippen molar-refractivity contribution in [2.24, 2.45) is 0 Å². The normalized spacial score (nSPS) is 17.6. The largest absolute Gasteiger partial charge is 0.364 e. The number of carbonyl (C=O) groups excluding carboxylic acids is 2. The van der Waals surface area contributed by atoms with Crippen LogP contribution in [0.4, 0.5) is 0 Å². The van der Waals surface area contributed by atoms with Crippen LogP contribution in [-0.2, 0) is 9.59 Å². The van der Waals surface area contributed by atoms with Gasteiger partial charge in [0.2, 0.25) is 5.91 Å². The molecular weight excluding hydrogens is 218 g/mol. The van der Waals surface area contributed by atoms with E-state index in [0.29, 0.717) is 6.42 Å². The maximum Gasteiger partial charge on any atom is 0.225 e. The van der Waals surface area contributed by atoms with Crippen molar-refractivity contribution in [1.82, 2.24) is 4.90 Å². The minimum atomic E-state index is -1.48. The highest BCUT2D eigenvalue weighted by Crippen LogP contribution is 2.23. The summed E-state index contributed by atoms with van der Waals surface area (Å²) in [7, 11) is 0. The number of ketones is 1. The topological polar surface area (TPSA) is 57.6 Å². The molecule has 0 aliphatic heterocycles. The molecule has 4 heteroatoms. The molecule has 0 aromatic carbocycles. The first-order chi connectivity index (χ1) is 7.90. The lowest BCUT2D eigenvalue weighted by atomic mass is 10.0. The first kappa shape index (κ1) is 13.6. The zero-order chi connectivity index (χ0) is 13.1. The molecule has 1 amide bonds. The summed E-state index contributed by atoms with van der Waals surface area (Å²) in [5, 5.41) is 10.4. The van der Waals surface area contributed by atoms with Crippen LogP contribution in [0.1, 0.15) is 33.6 Å². The summed E-state index contributed by atoms with van der Waals surface area (Å²) in [6, 6.07) is -0.137. The van der Waals surface area contributed by atoms with Crippen LogP contribution in [0.2, 0.25) is 0 Å². The molecule has 94 valence electrons. The zero-order valence-electron chi connectivity index (χ0n) is 10.5. The van der Waals surface area contributed by atoms with Crippen molar-refractivity contribution < 1.29 is 14.7 Å². The summed E-state index contributed by atoms with van der Waals surface area (Å²) in [6.07, 6.45) is 6.41. The van der Waals surface area contributed by atoms with Crippen LogP contribution in [0.25, 0.3) is 0 Å². The van der Waals surface area contributed by atoms with E-state index in [2.05, 4.69) is 0 Å². The Morgan fingerprint density at radius 2 is 1.94 bits per heavy atom. The van der Waals surface area contributed by atoms with Crippen molar-refractivity contribution in [3.05, 3.63) is 24.3 Å². The second-order valence-electron chi connectivity index (χ2n) is 4.46. The van der Waals surface area contributed by atoms with Gasteiger partial charge in [0.25, 0.3) is 0 Å². The van der Waals surface area contributed by atoms with Gasteiger partial charge in [-0.1, -0.05) is 6.92 Å². The van der Waals surface area contributed by atoms with Crippen molar-refractivity contribution in [2.45, 2.75) is 45.4 Å². The van der Waals surface area contributed by atoms with Crippen LogP contribution >= 0.6 is 0 Å². The van der Waals surface area contributed by atoms with Crippen molar-refractivity contribution >= 4 is 11.7 Å². The third-order valence-corrected chi connectivity index (χ3v) is 2.62.